The van der Waals surface area contributed by atoms with Crippen LogP contribution in [0.3, 0.4) is 0 Å². The van der Waals surface area contributed by atoms with Crippen molar-refractivity contribution in [1.82, 2.24) is 9.97 Å². The molecule has 1 aromatic heterocycles. The average Bonchev–Trinajstić information content (AvgIpc) is 3.66. The number of aromatic nitrogens is 2. The van der Waals surface area contributed by atoms with Gasteiger partial charge in [-0.2, -0.15) is 0 Å². The maximum Gasteiger partial charge on any atom is 0.234 e. The molecule has 11 rings (SSSR count). The van der Waals surface area contributed by atoms with Gasteiger partial charge in [-0.05, 0) is 122 Å². The molecule has 0 unspecified atom stereocenters. The Morgan fingerprint density at radius 3 is 1.62 bits per heavy atom. The second kappa shape index (κ2) is 17.5. The Labute approximate surface area is 386 Å². The number of benzene rings is 8. The van der Waals surface area contributed by atoms with E-state index in [1.807, 2.05) is 18.5 Å². The maximum atomic E-state index is 5.11. The monoisotopic (exact) mass is 846 g/mol. The molecule has 0 fully saturated rings. The van der Waals surface area contributed by atoms with Gasteiger partial charge >= 0.3 is 0 Å². The van der Waals surface area contributed by atoms with Crippen LogP contribution >= 0.6 is 0 Å². The van der Waals surface area contributed by atoms with E-state index >= 15 is 0 Å². The molecule has 0 aliphatic heterocycles. The van der Waals surface area contributed by atoms with Gasteiger partial charge in [-0.25, -0.2) is 9.97 Å². The van der Waals surface area contributed by atoms with Crippen LogP contribution in [0.4, 0.5) is 28.7 Å². The van der Waals surface area contributed by atoms with Crippen molar-refractivity contribution in [3.63, 3.8) is 0 Å². The molecule has 66 heavy (non-hydrogen) atoms. The van der Waals surface area contributed by atoms with Crippen LogP contribution in [0.25, 0.3) is 27.5 Å². The third-order valence-corrected chi connectivity index (χ3v) is 12.8. The standard InChI is InChI=1S/C62H46N4/c1-45-22-8-2-19-35-56-57-39-37-48(49-43-63-61(64-44-49)66(54-33-17-7-18-34-54)55-38-36-46-23-20-21-24-47(46)40-55)41-58(57)62(50-25-9-3-10-26-50,51-27-11-4-12-28-51)59(56)42-60(45)65(52-29-13-5-14-30-52)53-31-15-6-16-32-53/h2-34,36-44H,1,35H2/b19-2-,22-8-,60-42+. The SMILES string of the molecule is C=C1/C=C\C=C/CC2=C(/C=C\1N(c1ccccc1)c1ccccc1)C(c1ccccc1)(c1ccccc1)c1cc(-c3cnc(N(c4ccccc4)c4ccc5ccccc5c4)nc3)ccc12. The zero-order chi connectivity index (χ0) is 44.3. The fraction of sp³-hybridized carbons (Fsp3) is 0.0323. The summed E-state index contributed by atoms with van der Waals surface area (Å²) in [5, 5.41) is 2.35. The molecule has 8 aromatic carbocycles. The van der Waals surface area contributed by atoms with Crippen molar-refractivity contribution in [2.45, 2.75) is 11.8 Å². The molecule has 0 saturated heterocycles. The number of para-hydroxylation sites is 3. The van der Waals surface area contributed by atoms with Gasteiger partial charge in [-0.3, -0.25) is 4.90 Å². The summed E-state index contributed by atoms with van der Waals surface area (Å²) in [6, 6.07) is 75.4. The molecule has 2 aliphatic rings. The van der Waals surface area contributed by atoms with Crippen LogP contribution in [0, 0.1) is 0 Å². The molecule has 0 N–H and O–H groups in total. The van der Waals surface area contributed by atoms with Crippen LogP contribution < -0.4 is 9.80 Å². The van der Waals surface area contributed by atoms with Gasteiger partial charge in [0.1, 0.15) is 0 Å². The topological polar surface area (TPSA) is 32.3 Å². The van der Waals surface area contributed by atoms with Crippen molar-refractivity contribution in [2.75, 3.05) is 9.80 Å². The lowest BCUT2D eigenvalue weighted by atomic mass is 9.66. The Kier molecular flexibility index (Phi) is 10.7. The Balaban J connectivity index is 1.11. The molecule has 1 heterocycles. The summed E-state index contributed by atoms with van der Waals surface area (Å²) in [6.45, 7) is 4.75. The summed E-state index contributed by atoms with van der Waals surface area (Å²) in [5.41, 5.74) is 14.5. The minimum Gasteiger partial charge on any atom is -0.310 e. The number of rotatable bonds is 9. The third-order valence-electron chi connectivity index (χ3n) is 12.8. The summed E-state index contributed by atoms with van der Waals surface area (Å²) >= 11 is 0. The van der Waals surface area contributed by atoms with Gasteiger partial charge in [-0.1, -0.05) is 189 Å². The number of nitrogens with zero attached hydrogens (tertiary/aromatic N) is 4. The smallest absolute Gasteiger partial charge is 0.234 e. The normalized spacial score (nSPS) is 15.8. The first kappa shape index (κ1) is 40.2. The van der Waals surface area contributed by atoms with E-state index in [1.54, 1.807) is 0 Å². The molecule has 0 saturated carbocycles. The van der Waals surface area contributed by atoms with Gasteiger partial charge in [-0.15, -0.1) is 0 Å². The van der Waals surface area contributed by atoms with Gasteiger partial charge < -0.3 is 4.90 Å². The predicted molar refractivity (Wildman–Crippen MR) is 274 cm³/mol. The zero-order valence-corrected chi connectivity index (χ0v) is 36.5. The summed E-state index contributed by atoms with van der Waals surface area (Å²) in [5.74, 6) is 0.598. The highest BCUT2D eigenvalue weighted by atomic mass is 15.3. The van der Waals surface area contributed by atoms with Crippen molar-refractivity contribution in [3.8, 4) is 11.1 Å². The lowest BCUT2D eigenvalue weighted by Gasteiger charge is -2.36. The van der Waals surface area contributed by atoms with Crippen LogP contribution in [0.2, 0.25) is 0 Å². The van der Waals surface area contributed by atoms with Crippen LogP contribution in [-0.2, 0) is 5.41 Å². The molecule has 9 aromatic rings. The zero-order valence-electron chi connectivity index (χ0n) is 36.5. The molecular weight excluding hydrogens is 801 g/mol. The fourth-order valence-corrected chi connectivity index (χ4v) is 9.79. The van der Waals surface area contributed by atoms with Crippen molar-refractivity contribution in [3.05, 3.63) is 301 Å². The Morgan fingerprint density at radius 1 is 0.470 bits per heavy atom. The number of hydrogen-bond donors (Lipinski definition) is 0. The number of allylic oxidation sites excluding steroid dienone is 7. The van der Waals surface area contributed by atoms with E-state index in [2.05, 4.69) is 246 Å². The van der Waals surface area contributed by atoms with Crippen molar-refractivity contribution in [1.29, 1.82) is 0 Å². The number of anilines is 5. The van der Waals surface area contributed by atoms with Crippen LogP contribution in [0.1, 0.15) is 28.7 Å². The van der Waals surface area contributed by atoms with Crippen molar-refractivity contribution < 1.29 is 0 Å². The number of hydrogen-bond acceptors (Lipinski definition) is 4. The molecule has 4 heteroatoms. The third kappa shape index (κ3) is 7.25. The van der Waals surface area contributed by atoms with E-state index in [4.69, 9.17) is 16.5 Å². The summed E-state index contributed by atoms with van der Waals surface area (Å²) in [7, 11) is 0. The first-order valence-electron chi connectivity index (χ1n) is 22.5. The van der Waals surface area contributed by atoms with Gasteiger partial charge in [0.25, 0.3) is 0 Å². The summed E-state index contributed by atoms with van der Waals surface area (Å²) in [4.78, 5) is 14.7. The van der Waals surface area contributed by atoms with Crippen molar-refractivity contribution >= 4 is 45.0 Å². The first-order valence-corrected chi connectivity index (χ1v) is 22.5. The second-order valence-electron chi connectivity index (χ2n) is 16.7. The van der Waals surface area contributed by atoms with E-state index in [-0.39, 0.29) is 0 Å². The van der Waals surface area contributed by atoms with Crippen LogP contribution in [0.15, 0.2) is 279 Å². The van der Waals surface area contributed by atoms with E-state index in [9.17, 15) is 0 Å². The predicted octanol–water partition coefficient (Wildman–Crippen LogP) is 15.7. The first-order chi connectivity index (χ1) is 32.7. The lowest BCUT2D eigenvalue weighted by molar-refractivity contribution is 0.759. The fourth-order valence-electron chi connectivity index (χ4n) is 9.79. The summed E-state index contributed by atoms with van der Waals surface area (Å²) in [6.07, 6.45) is 15.8. The average molecular weight is 847 g/mol. The minimum atomic E-state index is -0.703. The Morgan fingerprint density at radius 2 is 1.02 bits per heavy atom. The maximum absolute atomic E-state index is 5.11. The van der Waals surface area contributed by atoms with Gasteiger partial charge in [0.05, 0.1) is 11.1 Å². The molecule has 2 aliphatic carbocycles. The van der Waals surface area contributed by atoms with E-state index in [1.165, 1.54) is 38.8 Å². The largest absolute Gasteiger partial charge is 0.310 e. The minimum absolute atomic E-state index is 0.598. The van der Waals surface area contributed by atoms with E-state index < -0.39 is 5.41 Å². The Hall–Kier alpha value is -8.60. The molecule has 0 radical (unpaired) electrons. The van der Waals surface area contributed by atoms with Gasteiger partial charge in [0, 0.05) is 40.7 Å². The quantitative estimate of drug-likeness (QED) is 0.145. The molecule has 0 bridgehead atoms. The second-order valence-corrected chi connectivity index (χ2v) is 16.7. The molecular formula is C62H46N4. The van der Waals surface area contributed by atoms with Crippen LogP contribution in [-0.4, -0.2) is 9.97 Å². The highest BCUT2D eigenvalue weighted by Crippen LogP contribution is 2.57. The molecule has 0 amide bonds. The van der Waals surface area contributed by atoms with Gasteiger partial charge in [0.2, 0.25) is 5.95 Å². The van der Waals surface area contributed by atoms with Crippen molar-refractivity contribution in [2.24, 2.45) is 0 Å². The summed E-state index contributed by atoms with van der Waals surface area (Å²) < 4.78 is 0. The van der Waals surface area contributed by atoms with E-state index in [0.29, 0.717) is 5.95 Å². The highest BCUT2D eigenvalue weighted by molar-refractivity contribution is 5.91. The lowest BCUT2D eigenvalue weighted by Crippen LogP contribution is -2.30. The van der Waals surface area contributed by atoms with Gasteiger partial charge in [0.15, 0.2) is 0 Å². The molecule has 314 valence electrons. The van der Waals surface area contributed by atoms with Crippen LogP contribution in [0.5, 0.6) is 0 Å². The Bertz CT molecular complexity index is 3240. The molecule has 0 spiro atoms. The molecule has 0 atom stereocenters. The molecule has 4 nitrogen and oxygen atoms in total. The number of fused-ring (bicyclic) bond motifs is 3. The van der Waals surface area contributed by atoms with E-state index in [0.717, 1.165) is 57.0 Å². The highest BCUT2D eigenvalue weighted by Gasteiger charge is 2.47.